The standard InChI is InChI=1S/C10H15NO2S/c1-10(2,11)9(12)7-14-6-8-4-3-5-13-8/h3-5H,6-7,11H2,1-2H3. The molecule has 1 heterocycles. The first-order valence-corrected chi connectivity index (χ1v) is 5.58. The van der Waals surface area contributed by atoms with Crippen molar-refractivity contribution in [3.05, 3.63) is 24.2 Å². The summed E-state index contributed by atoms with van der Waals surface area (Å²) >= 11 is 1.52. The zero-order valence-electron chi connectivity index (χ0n) is 8.45. The van der Waals surface area contributed by atoms with Crippen LogP contribution in [-0.4, -0.2) is 17.1 Å². The molecule has 0 spiro atoms. The Morgan fingerprint density at radius 2 is 2.36 bits per heavy atom. The van der Waals surface area contributed by atoms with Crippen LogP contribution in [0.15, 0.2) is 22.8 Å². The molecular formula is C10H15NO2S. The van der Waals surface area contributed by atoms with Gasteiger partial charge in [-0.15, -0.1) is 11.8 Å². The van der Waals surface area contributed by atoms with E-state index in [1.54, 1.807) is 20.1 Å². The van der Waals surface area contributed by atoms with Crippen molar-refractivity contribution in [3.8, 4) is 0 Å². The molecule has 0 saturated carbocycles. The predicted molar refractivity (Wildman–Crippen MR) is 58.1 cm³/mol. The summed E-state index contributed by atoms with van der Waals surface area (Å²) in [4.78, 5) is 11.4. The fourth-order valence-corrected chi connectivity index (χ4v) is 1.85. The first kappa shape index (κ1) is 11.3. The van der Waals surface area contributed by atoms with Crippen LogP contribution in [0.3, 0.4) is 0 Å². The van der Waals surface area contributed by atoms with E-state index in [0.717, 1.165) is 11.5 Å². The Kier molecular flexibility index (Phi) is 3.77. The van der Waals surface area contributed by atoms with Gasteiger partial charge in [0.2, 0.25) is 0 Å². The van der Waals surface area contributed by atoms with Crippen molar-refractivity contribution in [2.24, 2.45) is 5.73 Å². The fraction of sp³-hybridized carbons (Fsp3) is 0.500. The summed E-state index contributed by atoms with van der Waals surface area (Å²) < 4.78 is 5.14. The van der Waals surface area contributed by atoms with Crippen molar-refractivity contribution >= 4 is 17.5 Å². The van der Waals surface area contributed by atoms with E-state index in [2.05, 4.69) is 0 Å². The van der Waals surface area contributed by atoms with Gasteiger partial charge in [0.15, 0.2) is 5.78 Å². The molecule has 1 aromatic heterocycles. The van der Waals surface area contributed by atoms with Crippen molar-refractivity contribution in [1.29, 1.82) is 0 Å². The number of carbonyl (C=O) groups excluding carboxylic acids is 1. The molecule has 1 aromatic rings. The molecule has 0 unspecified atom stereocenters. The van der Waals surface area contributed by atoms with Crippen LogP contribution < -0.4 is 5.73 Å². The first-order valence-electron chi connectivity index (χ1n) is 4.42. The van der Waals surface area contributed by atoms with Gasteiger partial charge in [-0.2, -0.15) is 0 Å². The van der Waals surface area contributed by atoms with Gasteiger partial charge in [0.05, 0.1) is 23.3 Å². The van der Waals surface area contributed by atoms with Gasteiger partial charge in [-0.1, -0.05) is 0 Å². The normalized spacial score (nSPS) is 11.6. The molecule has 0 aromatic carbocycles. The monoisotopic (exact) mass is 213 g/mol. The van der Waals surface area contributed by atoms with Gasteiger partial charge in [-0.25, -0.2) is 0 Å². The third kappa shape index (κ3) is 3.55. The summed E-state index contributed by atoms with van der Waals surface area (Å²) in [6.07, 6.45) is 1.63. The number of Topliss-reactive ketones (excluding diaryl/α,β-unsaturated/α-hetero) is 1. The summed E-state index contributed by atoms with van der Waals surface area (Å²) in [5, 5.41) is 0. The third-order valence-electron chi connectivity index (χ3n) is 1.78. The summed E-state index contributed by atoms with van der Waals surface area (Å²) in [5.41, 5.74) is 4.93. The van der Waals surface area contributed by atoms with Crippen LogP contribution >= 0.6 is 11.8 Å². The third-order valence-corrected chi connectivity index (χ3v) is 2.73. The molecule has 0 aliphatic heterocycles. The quantitative estimate of drug-likeness (QED) is 0.810. The molecule has 2 N–H and O–H groups in total. The molecule has 1 rings (SSSR count). The second-order valence-electron chi connectivity index (χ2n) is 3.72. The minimum absolute atomic E-state index is 0.0639. The Bertz CT molecular complexity index is 288. The van der Waals surface area contributed by atoms with Gasteiger partial charge >= 0.3 is 0 Å². The van der Waals surface area contributed by atoms with E-state index in [4.69, 9.17) is 10.2 Å². The molecule has 78 valence electrons. The van der Waals surface area contributed by atoms with E-state index in [1.165, 1.54) is 11.8 Å². The lowest BCUT2D eigenvalue weighted by Crippen LogP contribution is -2.42. The molecule has 14 heavy (non-hydrogen) atoms. The van der Waals surface area contributed by atoms with Crippen LogP contribution in [-0.2, 0) is 10.5 Å². The maximum absolute atomic E-state index is 11.4. The topological polar surface area (TPSA) is 56.2 Å². The number of rotatable bonds is 5. The number of thioether (sulfide) groups is 1. The van der Waals surface area contributed by atoms with Gasteiger partial charge < -0.3 is 10.2 Å². The van der Waals surface area contributed by atoms with Crippen LogP contribution in [0, 0.1) is 0 Å². The van der Waals surface area contributed by atoms with Gasteiger partial charge in [-0.05, 0) is 26.0 Å². The highest BCUT2D eigenvalue weighted by Gasteiger charge is 2.21. The molecule has 0 saturated heterocycles. The fourth-order valence-electron chi connectivity index (χ4n) is 0.825. The molecule has 0 aliphatic rings. The molecule has 3 nitrogen and oxygen atoms in total. The molecule has 0 fully saturated rings. The Hall–Kier alpha value is -0.740. The molecule has 0 aliphatic carbocycles. The lowest BCUT2D eigenvalue weighted by molar-refractivity contribution is -0.120. The van der Waals surface area contributed by atoms with Gasteiger partial charge in [-0.3, -0.25) is 4.79 Å². The number of hydrogen-bond acceptors (Lipinski definition) is 4. The summed E-state index contributed by atoms with van der Waals surface area (Å²) in [5.74, 6) is 2.10. The van der Waals surface area contributed by atoms with Crippen molar-refractivity contribution < 1.29 is 9.21 Å². The van der Waals surface area contributed by atoms with E-state index in [1.807, 2.05) is 12.1 Å². The highest BCUT2D eigenvalue weighted by molar-refractivity contribution is 7.99. The number of ketones is 1. The predicted octanol–water partition coefficient (Wildman–Crippen LogP) is 1.82. The average Bonchev–Trinajstić information content (AvgIpc) is 2.55. The zero-order chi connectivity index (χ0) is 10.6. The molecule has 0 amide bonds. The minimum Gasteiger partial charge on any atom is -0.468 e. The van der Waals surface area contributed by atoms with Crippen molar-refractivity contribution in [2.75, 3.05) is 5.75 Å². The van der Waals surface area contributed by atoms with E-state index in [0.29, 0.717) is 5.75 Å². The number of hydrogen-bond donors (Lipinski definition) is 1. The first-order chi connectivity index (χ1) is 6.50. The molecular weight excluding hydrogens is 198 g/mol. The van der Waals surface area contributed by atoms with Crippen molar-refractivity contribution in [1.82, 2.24) is 0 Å². The van der Waals surface area contributed by atoms with E-state index >= 15 is 0 Å². The largest absolute Gasteiger partial charge is 0.468 e. The van der Waals surface area contributed by atoms with Crippen LogP contribution in [0.2, 0.25) is 0 Å². The van der Waals surface area contributed by atoms with E-state index < -0.39 is 5.54 Å². The summed E-state index contributed by atoms with van der Waals surface area (Å²) in [7, 11) is 0. The Balaban J connectivity index is 2.26. The van der Waals surface area contributed by atoms with Crippen LogP contribution in [0.4, 0.5) is 0 Å². The van der Waals surface area contributed by atoms with Crippen molar-refractivity contribution in [2.45, 2.75) is 25.1 Å². The van der Waals surface area contributed by atoms with Crippen LogP contribution in [0.25, 0.3) is 0 Å². The summed E-state index contributed by atoms with van der Waals surface area (Å²) in [6.45, 7) is 3.45. The maximum Gasteiger partial charge on any atom is 0.161 e. The molecule has 0 radical (unpaired) electrons. The van der Waals surface area contributed by atoms with Crippen molar-refractivity contribution in [3.63, 3.8) is 0 Å². The number of carbonyl (C=O) groups is 1. The number of furan rings is 1. The van der Waals surface area contributed by atoms with Crippen LogP contribution in [0.1, 0.15) is 19.6 Å². The smallest absolute Gasteiger partial charge is 0.161 e. The van der Waals surface area contributed by atoms with Crippen LogP contribution in [0.5, 0.6) is 0 Å². The Labute approximate surface area is 88.0 Å². The highest BCUT2D eigenvalue weighted by atomic mass is 32.2. The van der Waals surface area contributed by atoms with E-state index in [-0.39, 0.29) is 5.78 Å². The lowest BCUT2D eigenvalue weighted by Gasteiger charge is -2.15. The van der Waals surface area contributed by atoms with E-state index in [9.17, 15) is 4.79 Å². The summed E-state index contributed by atoms with van der Waals surface area (Å²) in [6, 6.07) is 3.73. The average molecular weight is 213 g/mol. The Morgan fingerprint density at radius 3 is 2.86 bits per heavy atom. The zero-order valence-corrected chi connectivity index (χ0v) is 9.26. The van der Waals surface area contributed by atoms with Gasteiger partial charge in [0, 0.05) is 0 Å². The molecule has 0 atom stereocenters. The number of nitrogens with two attached hydrogens (primary N) is 1. The minimum atomic E-state index is -0.726. The molecule has 4 heteroatoms. The lowest BCUT2D eigenvalue weighted by atomic mass is 10.0. The van der Waals surface area contributed by atoms with Gasteiger partial charge in [0.1, 0.15) is 5.76 Å². The van der Waals surface area contributed by atoms with Gasteiger partial charge in [0.25, 0.3) is 0 Å². The highest BCUT2D eigenvalue weighted by Crippen LogP contribution is 2.14. The second kappa shape index (κ2) is 4.66. The second-order valence-corrected chi connectivity index (χ2v) is 4.70. The Morgan fingerprint density at radius 1 is 1.64 bits per heavy atom. The molecule has 0 bridgehead atoms. The maximum atomic E-state index is 11.4. The SMILES string of the molecule is CC(C)(N)C(=O)CSCc1ccco1.